The molecule has 0 radical (unpaired) electrons. The van der Waals surface area contributed by atoms with E-state index >= 15 is 0 Å². The monoisotopic (exact) mass is 303 g/mol. The van der Waals surface area contributed by atoms with Crippen molar-refractivity contribution in [3.8, 4) is 0 Å². The topological polar surface area (TPSA) is 53.1 Å². The van der Waals surface area contributed by atoms with E-state index in [1.807, 2.05) is 6.26 Å². The summed E-state index contributed by atoms with van der Waals surface area (Å²) >= 11 is 1.66. The van der Waals surface area contributed by atoms with E-state index in [0.29, 0.717) is 0 Å². The fraction of sp³-hybridized carbons (Fsp3) is 0.588. The number of fused-ring (bicyclic) bond motifs is 2. The Morgan fingerprint density at radius 2 is 2.19 bits per heavy atom. The normalized spacial score (nSPS) is 27.0. The van der Waals surface area contributed by atoms with Crippen molar-refractivity contribution in [1.82, 2.24) is 0 Å². The summed E-state index contributed by atoms with van der Waals surface area (Å²) in [4.78, 5) is 3.42. The number of nitrogens with one attached hydrogen (secondary N) is 1. The fourth-order valence-electron chi connectivity index (χ4n) is 4.33. The molecule has 2 fully saturated rings. The molecular formula is C17H25N3S. The van der Waals surface area contributed by atoms with Crippen molar-refractivity contribution in [3.05, 3.63) is 23.8 Å². The van der Waals surface area contributed by atoms with Gasteiger partial charge in [0.15, 0.2) is 0 Å². The predicted molar refractivity (Wildman–Crippen MR) is 91.4 cm³/mol. The number of thioether (sulfide) groups is 1. The number of anilines is 1. The van der Waals surface area contributed by atoms with Gasteiger partial charge in [0.2, 0.25) is 0 Å². The van der Waals surface area contributed by atoms with Gasteiger partial charge in [0, 0.05) is 24.2 Å². The zero-order valence-electron chi connectivity index (χ0n) is 12.9. The highest BCUT2D eigenvalue weighted by Gasteiger charge is 2.39. The van der Waals surface area contributed by atoms with Crippen molar-refractivity contribution in [1.29, 1.82) is 5.41 Å². The van der Waals surface area contributed by atoms with E-state index in [-0.39, 0.29) is 5.84 Å². The average Bonchev–Trinajstić information content (AvgIpc) is 3.08. The molecule has 3 unspecified atom stereocenters. The van der Waals surface area contributed by atoms with Gasteiger partial charge in [-0.2, -0.15) is 0 Å². The van der Waals surface area contributed by atoms with Crippen LogP contribution in [0, 0.1) is 23.2 Å². The van der Waals surface area contributed by atoms with Gasteiger partial charge in [-0.3, -0.25) is 5.41 Å². The van der Waals surface area contributed by atoms with Crippen LogP contribution in [0.25, 0.3) is 0 Å². The number of hydrogen-bond acceptors (Lipinski definition) is 3. The zero-order valence-corrected chi connectivity index (χ0v) is 13.7. The highest BCUT2D eigenvalue weighted by molar-refractivity contribution is 7.98. The highest BCUT2D eigenvalue weighted by atomic mass is 32.2. The molecule has 3 N–H and O–H groups in total. The smallest absolute Gasteiger partial charge is 0.126 e. The van der Waals surface area contributed by atoms with E-state index in [9.17, 15) is 0 Å². The fourth-order valence-corrected chi connectivity index (χ4v) is 4.96. The molecule has 21 heavy (non-hydrogen) atoms. The first-order chi connectivity index (χ1) is 10.1. The van der Waals surface area contributed by atoms with Crippen molar-refractivity contribution < 1.29 is 0 Å². The third-order valence-corrected chi connectivity index (χ3v) is 6.08. The number of hydrogen-bond donors (Lipinski definition) is 2. The summed E-state index contributed by atoms with van der Waals surface area (Å²) in [5.74, 6) is 2.92. The van der Waals surface area contributed by atoms with Crippen molar-refractivity contribution in [2.45, 2.75) is 30.6 Å². The van der Waals surface area contributed by atoms with Gasteiger partial charge < -0.3 is 10.6 Å². The van der Waals surface area contributed by atoms with Crippen molar-refractivity contribution in [3.63, 3.8) is 0 Å². The molecule has 2 bridgehead atoms. The summed E-state index contributed by atoms with van der Waals surface area (Å²) in [7, 11) is 2.15. The lowest BCUT2D eigenvalue weighted by atomic mass is 9.88. The van der Waals surface area contributed by atoms with Gasteiger partial charge >= 0.3 is 0 Å². The first-order valence-electron chi connectivity index (χ1n) is 7.82. The minimum atomic E-state index is 0.176. The molecule has 0 aliphatic heterocycles. The maximum atomic E-state index is 7.92. The highest BCUT2D eigenvalue weighted by Crippen LogP contribution is 2.48. The van der Waals surface area contributed by atoms with Crippen LogP contribution in [0.4, 0.5) is 5.69 Å². The molecule has 3 nitrogen and oxygen atoms in total. The number of benzene rings is 1. The molecule has 2 saturated carbocycles. The van der Waals surface area contributed by atoms with Gasteiger partial charge in [-0.05, 0) is 55.4 Å². The van der Waals surface area contributed by atoms with Crippen molar-refractivity contribution in [2.75, 3.05) is 24.7 Å². The Bertz CT molecular complexity index is 543. The summed E-state index contributed by atoms with van der Waals surface area (Å²) in [6, 6.07) is 6.23. The van der Waals surface area contributed by atoms with Crippen molar-refractivity contribution >= 4 is 23.3 Å². The Morgan fingerprint density at radius 1 is 1.38 bits per heavy atom. The summed E-state index contributed by atoms with van der Waals surface area (Å²) in [6.45, 7) is 1.10. The molecule has 3 atom stereocenters. The van der Waals surface area contributed by atoms with Crippen LogP contribution in [0.1, 0.15) is 31.2 Å². The second-order valence-corrected chi connectivity index (χ2v) is 7.43. The van der Waals surface area contributed by atoms with E-state index in [4.69, 9.17) is 11.1 Å². The van der Waals surface area contributed by atoms with E-state index < -0.39 is 0 Å². The molecule has 0 heterocycles. The van der Waals surface area contributed by atoms with Crippen LogP contribution in [-0.4, -0.2) is 25.7 Å². The van der Waals surface area contributed by atoms with E-state index in [2.05, 4.69) is 30.1 Å². The van der Waals surface area contributed by atoms with Crippen LogP contribution in [0.2, 0.25) is 0 Å². The van der Waals surface area contributed by atoms with Crippen LogP contribution in [-0.2, 0) is 0 Å². The summed E-state index contributed by atoms with van der Waals surface area (Å²) in [5, 5.41) is 7.92. The lowest BCUT2D eigenvalue weighted by Crippen LogP contribution is -2.30. The molecule has 114 valence electrons. The quantitative estimate of drug-likeness (QED) is 0.497. The summed E-state index contributed by atoms with van der Waals surface area (Å²) in [6.07, 6.45) is 7.76. The maximum Gasteiger partial charge on any atom is 0.126 e. The predicted octanol–water partition coefficient (Wildman–Crippen LogP) is 3.56. The number of nitrogens with zero attached hydrogens (tertiary/aromatic N) is 1. The number of amidine groups is 1. The molecule has 3 rings (SSSR count). The second kappa shape index (κ2) is 5.91. The Hall–Kier alpha value is -1.16. The van der Waals surface area contributed by atoms with Crippen LogP contribution >= 0.6 is 11.8 Å². The summed E-state index contributed by atoms with van der Waals surface area (Å²) in [5.41, 5.74) is 7.85. The van der Waals surface area contributed by atoms with Gasteiger partial charge in [-0.1, -0.05) is 12.5 Å². The standard InChI is InChI=1S/C17H25N3S/c1-20(10-13-9-11-6-7-12(13)8-11)14-4-3-5-15(21-2)16(14)17(18)19/h3-5,11-13H,6-10H2,1-2H3,(H3,18,19). The molecule has 2 aliphatic carbocycles. The molecule has 1 aromatic carbocycles. The van der Waals surface area contributed by atoms with E-state index in [1.165, 1.54) is 25.7 Å². The van der Waals surface area contributed by atoms with Crippen molar-refractivity contribution in [2.24, 2.45) is 23.5 Å². The molecule has 0 amide bonds. The maximum absolute atomic E-state index is 7.92. The molecule has 0 saturated heterocycles. The lowest BCUT2D eigenvalue weighted by molar-refractivity contribution is 0.337. The zero-order chi connectivity index (χ0) is 15.0. The Balaban J connectivity index is 1.81. The SMILES string of the molecule is CSc1cccc(N(C)CC2CC3CCC2C3)c1C(=N)N. The lowest BCUT2D eigenvalue weighted by Gasteiger charge is -2.30. The van der Waals surface area contributed by atoms with Gasteiger partial charge in [0.1, 0.15) is 5.84 Å². The van der Waals surface area contributed by atoms with Gasteiger partial charge in [-0.15, -0.1) is 11.8 Å². The number of nitrogen functional groups attached to an aromatic ring is 1. The Morgan fingerprint density at radius 3 is 2.76 bits per heavy atom. The van der Waals surface area contributed by atoms with Crippen LogP contribution in [0.5, 0.6) is 0 Å². The van der Waals surface area contributed by atoms with Crippen LogP contribution < -0.4 is 10.6 Å². The van der Waals surface area contributed by atoms with Crippen LogP contribution in [0.3, 0.4) is 0 Å². The molecule has 2 aliphatic rings. The van der Waals surface area contributed by atoms with Gasteiger partial charge in [-0.25, -0.2) is 0 Å². The number of nitrogens with two attached hydrogens (primary N) is 1. The third kappa shape index (κ3) is 2.78. The summed E-state index contributed by atoms with van der Waals surface area (Å²) < 4.78 is 0. The first kappa shape index (κ1) is 14.8. The molecule has 4 heteroatoms. The minimum absolute atomic E-state index is 0.176. The van der Waals surface area contributed by atoms with E-state index in [0.717, 1.165) is 40.4 Å². The van der Waals surface area contributed by atoms with E-state index in [1.54, 1.807) is 11.8 Å². The molecule has 0 aromatic heterocycles. The molecular weight excluding hydrogens is 278 g/mol. The first-order valence-corrected chi connectivity index (χ1v) is 9.05. The Labute approximate surface area is 131 Å². The largest absolute Gasteiger partial charge is 0.384 e. The third-order valence-electron chi connectivity index (χ3n) is 5.30. The average molecular weight is 303 g/mol. The van der Waals surface area contributed by atoms with Crippen LogP contribution in [0.15, 0.2) is 23.1 Å². The number of rotatable bonds is 5. The molecule has 0 spiro atoms. The minimum Gasteiger partial charge on any atom is -0.384 e. The van der Waals surface area contributed by atoms with Gasteiger partial charge in [0.25, 0.3) is 0 Å². The second-order valence-electron chi connectivity index (χ2n) is 6.58. The van der Waals surface area contributed by atoms with Gasteiger partial charge in [0.05, 0.1) is 5.56 Å². The molecule has 1 aromatic rings. The Kier molecular flexibility index (Phi) is 4.16.